The van der Waals surface area contributed by atoms with Gasteiger partial charge in [0.2, 0.25) is 0 Å². The third kappa shape index (κ3) is 5.10. The minimum atomic E-state index is -0.563. The van der Waals surface area contributed by atoms with Crippen molar-refractivity contribution < 1.29 is 14.3 Å². The molecule has 0 aliphatic rings. The van der Waals surface area contributed by atoms with Crippen molar-refractivity contribution in [2.45, 2.75) is 53.8 Å². The Morgan fingerprint density at radius 3 is 1.57 bits per heavy atom. The van der Waals surface area contributed by atoms with Crippen LogP contribution in [0.25, 0.3) is 0 Å². The van der Waals surface area contributed by atoms with Crippen LogP contribution in [0, 0.1) is 11.8 Å². The maximum Gasteiger partial charge on any atom is 0.508 e. The van der Waals surface area contributed by atoms with Crippen LogP contribution in [0.2, 0.25) is 0 Å². The molecule has 0 aromatic heterocycles. The van der Waals surface area contributed by atoms with Gasteiger partial charge < -0.3 is 9.47 Å². The van der Waals surface area contributed by atoms with E-state index in [1.54, 1.807) is 13.8 Å². The van der Waals surface area contributed by atoms with Crippen molar-refractivity contribution in [3.8, 4) is 0 Å². The molecule has 3 heteroatoms. The van der Waals surface area contributed by atoms with Crippen LogP contribution in [0.3, 0.4) is 0 Å². The highest BCUT2D eigenvalue weighted by Gasteiger charge is 2.22. The van der Waals surface area contributed by atoms with Gasteiger partial charge in [-0.2, -0.15) is 0 Å². The molecule has 0 aliphatic carbocycles. The van der Waals surface area contributed by atoms with E-state index in [4.69, 9.17) is 9.47 Å². The molecular formula is C11H22O3. The van der Waals surface area contributed by atoms with Gasteiger partial charge in [0, 0.05) is 0 Å². The Kier molecular flexibility index (Phi) is 5.58. The number of hydrogen-bond donors (Lipinski definition) is 0. The van der Waals surface area contributed by atoms with Crippen LogP contribution >= 0.6 is 0 Å². The molecule has 0 rings (SSSR count). The fourth-order valence-corrected chi connectivity index (χ4v) is 1.37. The highest BCUT2D eigenvalue weighted by molar-refractivity contribution is 5.60. The summed E-state index contributed by atoms with van der Waals surface area (Å²) >= 11 is 0. The largest absolute Gasteiger partial charge is 0.508 e. The molecule has 0 aromatic rings. The maximum atomic E-state index is 11.2. The number of carbonyl (C=O) groups excluding carboxylic acids is 1. The molecule has 0 atom stereocenters. The molecule has 0 unspecified atom stereocenters. The molecule has 84 valence electrons. The van der Waals surface area contributed by atoms with E-state index in [2.05, 4.69) is 0 Å². The number of carbonyl (C=O) groups is 1. The van der Waals surface area contributed by atoms with Crippen molar-refractivity contribution in [2.24, 2.45) is 11.8 Å². The zero-order valence-corrected chi connectivity index (χ0v) is 10.0. The van der Waals surface area contributed by atoms with Crippen molar-refractivity contribution in [1.82, 2.24) is 0 Å². The zero-order valence-electron chi connectivity index (χ0n) is 10.0. The Bertz CT molecular complexity index is 165. The Morgan fingerprint density at radius 2 is 1.29 bits per heavy atom. The second kappa shape index (κ2) is 5.89. The van der Waals surface area contributed by atoms with Gasteiger partial charge in [-0.1, -0.05) is 27.7 Å². The minimum absolute atomic E-state index is 0.0683. The fourth-order valence-electron chi connectivity index (χ4n) is 1.37. The summed E-state index contributed by atoms with van der Waals surface area (Å²) in [6.45, 7) is 11.8. The number of ether oxygens (including phenoxy) is 2. The van der Waals surface area contributed by atoms with Gasteiger partial charge in [0.05, 0.1) is 6.10 Å². The quantitative estimate of drug-likeness (QED) is 0.656. The SMILES string of the molecule is CC(C)OC(=O)OC(C(C)C)C(C)C. The highest BCUT2D eigenvalue weighted by Crippen LogP contribution is 2.17. The first-order valence-electron chi connectivity index (χ1n) is 5.21. The summed E-state index contributed by atoms with van der Waals surface area (Å²) in [4.78, 5) is 11.2. The average Bonchev–Trinajstić information content (AvgIpc) is 1.97. The molecule has 0 heterocycles. The summed E-state index contributed by atoms with van der Waals surface area (Å²) in [5, 5.41) is 0. The van der Waals surface area contributed by atoms with Gasteiger partial charge in [0.15, 0.2) is 0 Å². The molecular weight excluding hydrogens is 180 g/mol. The lowest BCUT2D eigenvalue weighted by Crippen LogP contribution is -2.30. The van der Waals surface area contributed by atoms with Crippen molar-refractivity contribution in [2.75, 3.05) is 0 Å². The first-order valence-corrected chi connectivity index (χ1v) is 5.21. The Morgan fingerprint density at radius 1 is 0.857 bits per heavy atom. The van der Waals surface area contributed by atoms with E-state index in [0.717, 1.165) is 0 Å². The second-order valence-corrected chi connectivity index (χ2v) is 4.49. The first-order chi connectivity index (χ1) is 6.34. The molecule has 0 N–H and O–H groups in total. The lowest BCUT2D eigenvalue weighted by molar-refractivity contribution is -0.0223. The van der Waals surface area contributed by atoms with Gasteiger partial charge in [-0.05, 0) is 25.7 Å². The summed E-state index contributed by atoms with van der Waals surface area (Å²) < 4.78 is 10.1. The van der Waals surface area contributed by atoms with Gasteiger partial charge in [-0.25, -0.2) is 4.79 Å². The lowest BCUT2D eigenvalue weighted by Gasteiger charge is -2.24. The van der Waals surface area contributed by atoms with Crippen LogP contribution in [-0.4, -0.2) is 18.4 Å². The minimum Gasteiger partial charge on any atom is -0.432 e. The van der Waals surface area contributed by atoms with Crippen LogP contribution < -0.4 is 0 Å². The Labute approximate surface area is 86.8 Å². The van der Waals surface area contributed by atoms with Crippen LogP contribution in [0.4, 0.5) is 4.79 Å². The zero-order chi connectivity index (χ0) is 11.3. The first kappa shape index (κ1) is 13.3. The van der Waals surface area contributed by atoms with Gasteiger partial charge >= 0.3 is 6.16 Å². The Balaban J connectivity index is 4.10. The topological polar surface area (TPSA) is 35.5 Å². The lowest BCUT2D eigenvalue weighted by atomic mass is 9.96. The van der Waals surface area contributed by atoms with Crippen LogP contribution in [0.15, 0.2) is 0 Å². The highest BCUT2D eigenvalue weighted by atomic mass is 16.7. The molecule has 0 spiro atoms. The van der Waals surface area contributed by atoms with Gasteiger partial charge in [-0.3, -0.25) is 0 Å². The van der Waals surface area contributed by atoms with E-state index in [1.807, 2.05) is 27.7 Å². The van der Waals surface area contributed by atoms with E-state index in [1.165, 1.54) is 0 Å². The van der Waals surface area contributed by atoms with Crippen molar-refractivity contribution >= 4 is 6.16 Å². The molecule has 14 heavy (non-hydrogen) atoms. The van der Waals surface area contributed by atoms with E-state index >= 15 is 0 Å². The van der Waals surface area contributed by atoms with E-state index in [9.17, 15) is 4.79 Å². The van der Waals surface area contributed by atoms with Gasteiger partial charge in [0.1, 0.15) is 6.10 Å². The average molecular weight is 202 g/mol. The van der Waals surface area contributed by atoms with Crippen LogP contribution in [0.1, 0.15) is 41.5 Å². The van der Waals surface area contributed by atoms with Crippen molar-refractivity contribution in [3.63, 3.8) is 0 Å². The van der Waals surface area contributed by atoms with Gasteiger partial charge in [0.25, 0.3) is 0 Å². The van der Waals surface area contributed by atoms with Crippen LogP contribution in [0.5, 0.6) is 0 Å². The molecule has 0 aliphatic heterocycles. The molecule has 0 fully saturated rings. The number of hydrogen-bond acceptors (Lipinski definition) is 3. The molecule has 0 saturated carbocycles. The van der Waals surface area contributed by atoms with Crippen molar-refractivity contribution in [3.05, 3.63) is 0 Å². The smallest absolute Gasteiger partial charge is 0.432 e. The molecule has 0 radical (unpaired) electrons. The molecule has 0 bridgehead atoms. The van der Waals surface area contributed by atoms with E-state index in [-0.39, 0.29) is 12.2 Å². The molecule has 0 amide bonds. The normalized spacial score (nSPS) is 11.6. The standard InChI is InChI=1S/C11H22O3/c1-7(2)10(8(3)4)14-11(12)13-9(5)6/h7-10H,1-6H3. The predicted octanol–water partition coefficient (Wildman–Crippen LogP) is 3.23. The Hall–Kier alpha value is -0.730. The van der Waals surface area contributed by atoms with Gasteiger partial charge in [-0.15, -0.1) is 0 Å². The van der Waals surface area contributed by atoms with Crippen molar-refractivity contribution in [1.29, 1.82) is 0 Å². The summed E-state index contributed by atoms with van der Waals surface area (Å²) in [6.07, 6.45) is -0.754. The third-order valence-electron chi connectivity index (χ3n) is 1.88. The fraction of sp³-hybridized carbons (Fsp3) is 0.909. The summed E-state index contributed by atoms with van der Waals surface area (Å²) in [5.41, 5.74) is 0. The summed E-state index contributed by atoms with van der Waals surface area (Å²) in [6, 6.07) is 0. The monoisotopic (exact) mass is 202 g/mol. The number of rotatable bonds is 4. The predicted molar refractivity (Wildman–Crippen MR) is 56.2 cm³/mol. The van der Waals surface area contributed by atoms with E-state index < -0.39 is 6.16 Å². The third-order valence-corrected chi connectivity index (χ3v) is 1.88. The van der Waals surface area contributed by atoms with Crippen LogP contribution in [-0.2, 0) is 9.47 Å². The van der Waals surface area contributed by atoms with E-state index in [0.29, 0.717) is 11.8 Å². The summed E-state index contributed by atoms with van der Waals surface area (Å²) in [7, 11) is 0. The summed E-state index contributed by atoms with van der Waals surface area (Å²) in [5.74, 6) is 0.629. The maximum absolute atomic E-state index is 11.2. The molecule has 3 nitrogen and oxygen atoms in total. The molecule has 0 saturated heterocycles. The second-order valence-electron chi connectivity index (χ2n) is 4.49. The molecule has 0 aromatic carbocycles.